The minimum Gasteiger partial charge on any atom is -0.388 e. The molecule has 0 atom stereocenters. The molecule has 0 saturated heterocycles. The van der Waals surface area contributed by atoms with Crippen molar-refractivity contribution in [2.75, 3.05) is 0 Å². The molecule has 14 heavy (non-hydrogen) atoms. The van der Waals surface area contributed by atoms with E-state index in [2.05, 4.69) is 4.99 Å². The lowest BCUT2D eigenvalue weighted by Gasteiger charge is -2.02. The predicted octanol–water partition coefficient (Wildman–Crippen LogP) is 0.607. The Bertz CT molecular complexity index is 337. The Hall–Kier alpha value is -2.01. The van der Waals surface area contributed by atoms with Gasteiger partial charge in [-0.2, -0.15) is 10.5 Å². The molecule has 5 heteroatoms. The third kappa shape index (κ3) is 4.13. The molecule has 0 aromatic heterocycles. The summed E-state index contributed by atoms with van der Waals surface area (Å²) < 4.78 is 0. The van der Waals surface area contributed by atoms with Crippen LogP contribution in [-0.2, 0) is 0 Å². The molecule has 4 N–H and O–H groups in total. The molecule has 0 aliphatic heterocycles. The summed E-state index contributed by atoms with van der Waals surface area (Å²) >= 11 is 0. The van der Waals surface area contributed by atoms with Crippen molar-refractivity contribution in [1.82, 2.24) is 0 Å². The number of hydrogen-bond acceptors (Lipinski definition) is 4. The van der Waals surface area contributed by atoms with E-state index in [1.807, 2.05) is 13.8 Å². The Labute approximate surface area is 83.3 Å². The number of nitriles is 2. The molecule has 0 rings (SSSR count). The standard InChI is InChI=1S/C9H13N5/c1-6(2)3-9(13)14-8(5-11)7(12)4-10/h6H,3,12H2,1-2H3,(H2,13,14)/b8-7+. The van der Waals surface area contributed by atoms with E-state index in [0.29, 0.717) is 18.2 Å². The van der Waals surface area contributed by atoms with Gasteiger partial charge in [-0.15, -0.1) is 0 Å². The number of hydrogen-bond donors (Lipinski definition) is 2. The molecule has 5 nitrogen and oxygen atoms in total. The number of rotatable bonds is 3. The van der Waals surface area contributed by atoms with Crippen molar-refractivity contribution in [2.24, 2.45) is 22.4 Å². The van der Waals surface area contributed by atoms with Crippen LogP contribution in [0.2, 0.25) is 0 Å². The zero-order chi connectivity index (χ0) is 11.1. The van der Waals surface area contributed by atoms with Crippen LogP contribution < -0.4 is 11.5 Å². The maximum atomic E-state index is 8.61. The lowest BCUT2D eigenvalue weighted by molar-refractivity contribution is 0.680. The highest BCUT2D eigenvalue weighted by atomic mass is 14.9. The van der Waals surface area contributed by atoms with Crippen LogP contribution in [0.25, 0.3) is 0 Å². The van der Waals surface area contributed by atoms with Gasteiger partial charge < -0.3 is 11.5 Å². The van der Waals surface area contributed by atoms with Gasteiger partial charge in [0.05, 0.1) is 0 Å². The maximum absolute atomic E-state index is 8.61. The molecule has 74 valence electrons. The van der Waals surface area contributed by atoms with Crippen LogP contribution in [0.3, 0.4) is 0 Å². The molecular weight excluding hydrogens is 178 g/mol. The van der Waals surface area contributed by atoms with Crippen molar-refractivity contribution < 1.29 is 0 Å². The second-order valence-electron chi connectivity index (χ2n) is 3.19. The Balaban J connectivity index is 4.81. The van der Waals surface area contributed by atoms with Crippen molar-refractivity contribution in [3.05, 3.63) is 11.4 Å². The van der Waals surface area contributed by atoms with E-state index in [9.17, 15) is 0 Å². The number of aliphatic imine (C=N–C) groups is 1. The summed E-state index contributed by atoms with van der Waals surface area (Å²) in [5.74, 6) is 0.664. The molecule has 0 aromatic carbocycles. The molecule has 0 fully saturated rings. The highest BCUT2D eigenvalue weighted by molar-refractivity contribution is 5.82. The van der Waals surface area contributed by atoms with Gasteiger partial charge in [0.1, 0.15) is 23.7 Å². The molecule has 0 amide bonds. The van der Waals surface area contributed by atoms with Gasteiger partial charge >= 0.3 is 0 Å². The van der Waals surface area contributed by atoms with E-state index in [1.54, 1.807) is 12.1 Å². The third-order valence-corrected chi connectivity index (χ3v) is 1.35. The summed E-state index contributed by atoms with van der Waals surface area (Å²) in [6, 6.07) is 3.37. The fourth-order valence-electron chi connectivity index (χ4n) is 0.806. The monoisotopic (exact) mass is 191 g/mol. The van der Waals surface area contributed by atoms with E-state index in [-0.39, 0.29) is 11.4 Å². The van der Waals surface area contributed by atoms with E-state index >= 15 is 0 Å². The second-order valence-corrected chi connectivity index (χ2v) is 3.19. The average Bonchev–Trinajstić information content (AvgIpc) is 2.11. The summed E-state index contributed by atoms with van der Waals surface area (Å²) in [6.45, 7) is 3.96. The van der Waals surface area contributed by atoms with Gasteiger partial charge in [-0.1, -0.05) is 13.8 Å². The number of nitrogens with two attached hydrogens (primary N) is 2. The van der Waals surface area contributed by atoms with Crippen molar-refractivity contribution in [2.45, 2.75) is 20.3 Å². The third-order valence-electron chi connectivity index (χ3n) is 1.35. The Kier molecular flexibility index (Phi) is 4.80. The highest BCUT2D eigenvalue weighted by Crippen LogP contribution is 2.03. The molecule has 0 bridgehead atoms. The average molecular weight is 191 g/mol. The van der Waals surface area contributed by atoms with E-state index in [4.69, 9.17) is 22.0 Å². The van der Waals surface area contributed by atoms with E-state index < -0.39 is 0 Å². The van der Waals surface area contributed by atoms with Crippen LogP contribution in [0, 0.1) is 28.6 Å². The smallest absolute Gasteiger partial charge is 0.176 e. The summed E-state index contributed by atoms with van der Waals surface area (Å²) in [7, 11) is 0. The highest BCUT2D eigenvalue weighted by Gasteiger charge is 2.03. The van der Waals surface area contributed by atoms with Gasteiger partial charge in [-0.3, -0.25) is 0 Å². The van der Waals surface area contributed by atoms with Gasteiger partial charge in [0.15, 0.2) is 5.70 Å². The molecule has 0 radical (unpaired) electrons. The van der Waals surface area contributed by atoms with Crippen molar-refractivity contribution in [3.8, 4) is 12.1 Å². The molecule has 0 aliphatic rings. The van der Waals surface area contributed by atoms with Gasteiger partial charge in [0.2, 0.25) is 0 Å². The molecular formula is C9H13N5. The van der Waals surface area contributed by atoms with Gasteiger partial charge in [0, 0.05) is 6.42 Å². The first-order chi connectivity index (χ1) is 6.51. The molecule has 0 heterocycles. The maximum Gasteiger partial charge on any atom is 0.176 e. The lowest BCUT2D eigenvalue weighted by Crippen LogP contribution is -2.15. The van der Waals surface area contributed by atoms with Crippen molar-refractivity contribution in [3.63, 3.8) is 0 Å². The number of amidine groups is 1. The lowest BCUT2D eigenvalue weighted by atomic mass is 10.1. The van der Waals surface area contributed by atoms with Gasteiger partial charge in [-0.25, -0.2) is 4.99 Å². The zero-order valence-electron chi connectivity index (χ0n) is 8.28. The van der Waals surface area contributed by atoms with Crippen LogP contribution in [0.5, 0.6) is 0 Å². The molecule has 0 saturated carbocycles. The Morgan fingerprint density at radius 1 is 1.29 bits per heavy atom. The SMILES string of the molecule is CC(C)CC(N)=N/C(C#N)=C(/N)C#N. The first-order valence-electron chi connectivity index (χ1n) is 4.14. The molecule has 0 aliphatic carbocycles. The van der Waals surface area contributed by atoms with Crippen LogP contribution in [0.4, 0.5) is 0 Å². The topological polar surface area (TPSA) is 112 Å². The number of nitrogens with zero attached hydrogens (tertiary/aromatic N) is 3. The van der Waals surface area contributed by atoms with Crippen LogP contribution in [0.15, 0.2) is 16.4 Å². The van der Waals surface area contributed by atoms with Gasteiger partial charge in [0.25, 0.3) is 0 Å². The summed E-state index contributed by atoms with van der Waals surface area (Å²) in [6.07, 6.45) is 0.573. The first-order valence-corrected chi connectivity index (χ1v) is 4.14. The van der Waals surface area contributed by atoms with E-state index in [0.717, 1.165) is 0 Å². The fourth-order valence-corrected chi connectivity index (χ4v) is 0.806. The molecule has 0 spiro atoms. The van der Waals surface area contributed by atoms with Crippen LogP contribution >= 0.6 is 0 Å². The van der Waals surface area contributed by atoms with Crippen molar-refractivity contribution >= 4 is 5.84 Å². The normalized spacial score (nSPS) is 13.1. The largest absolute Gasteiger partial charge is 0.388 e. The fraction of sp³-hybridized carbons (Fsp3) is 0.444. The quantitative estimate of drug-likeness (QED) is 0.386. The Morgan fingerprint density at radius 2 is 1.86 bits per heavy atom. The van der Waals surface area contributed by atoms with Crippen LogP contribution in [-0.4, -0.2) is 5.84 Å². The minimum atomic E-state index is -0.209. The predicted molar refractivity (Wildman–Crippen MR) is 53.5 cm³/mol. The van der Waals surface area contributed by atoms with Gasteiger partial charge in [-0.05, 0) is 5.92 Å². The van der Waals surface area contributed by atoms with Crippen LogP contribution in [0.1, 0.15) is 20.3 Å². The second kappa shape index (κ2) is 5.60. The first kappa shape index (κ1) is 12.0. The van der Waals surface area contributed by atoms with Crippen molar-refractivity contribution in [1.29, 1.82) is 10.5 Å². The summed E-state index contributed by atoms with van der Waals surface area (Å²) in [4.78, 5) is 3.77. The zero-order valence-corrected chi connectivity index (χ0v) is 8.28. The Morgan fingerprint density at radius 3 is 2.21 bits per heavy atom. The minimum absolute atomic E-state index is 0.120. The molecule has 0 unspecified atom stereocenters. The van der Waals surface area contributed by atoms with E-state index in [1.165, 1.54) is 0 Å². The molecule has 0 aromatic rings. The summed E-state index contributed by atoms with van der Waals surface area (Å²) in [5.41, 5.74) is 10.5. The summed E-state index contributed by atoms with van der Waals surface area (Å²) in [5, 5.41) is 17.0. The number of allylic oxidation sites excluding steroid dienone is 2.